The van der Waals surface area contributed by atoms with Crippen LogP contribution in [0.4, 0.5) is 4.79 Å². The van der Waals surface area contributed by atoms with Crippen molar-refractivity contribution in [2.45, 2.75) is 19.6 Å². The minimum atomic E-state index is -1.02. The van der Waals surface area contributed by atoms with Crippen molar-refractivity contribution in [2.75, 3.05) is 7.11 Å². The number of hydrogen-bond acceptors (Lipinski definition) is 6. The summed E-state index contributed by atoms with van der Waals surface area (Å²) in [5, 5.41) is -0.0113. The largest absolute Gasteiger partial charge is 0.486 e. The first-order valence-electron chi connectivity index (χ1n) is 8.82. The average molecular weight is 466 g/mol. The number of amides is 2. The number of methoxy groups -OCH3 is 1. The van der Waals surface area contributed by atoms with Crippen LogP contribution < -0.4 is 4.74 Å². The zero-order valence-electron chi connectivity index (χ0n) is 16.1. The third-order valence-corrected chi connectivity index (χ3v) is 5.74. The van der Waals surface area contributed by atoms with Crippen LogP contribution in [0, 0.1) is 0 Å². The number of rotatable bonds is 6. The van der Waals surface area contributed by atoms with Crippen LogP contribution in [-0.4, -0.2) is 35.2 Å². The molecule has 0 N–H and O–H groups in total. The molecule has 0 saturated carbocycles. The Morgan fingerprint density at radius 1 is 1.17 bits per heavy atom. The molecule has 1 saturated heterocycles. The molecule has 0 aliphatic carbocycles. The summed E-state index contributed by atoms with van der Waals surface area (Å²) in [7, 11) is 1.19. The zero-order chi connectivity index (χ0) is 21.8. The van der Waals surface area contributed by atoms with Crippen molar-refractivity contribution < 1.29 is 23.9 Å². The Kier molecular flexibility index (Phi) is 7.07. The molecule has 0 unspecified atom stereocenters. The Bertz CT molecular complexity index is 1000. The molecule has 1 fully saturated rings. The Labute approximate surface area is 187 Å². The topological polar surface area (TPSA) is 72.9 Å². The van der Waals surface area contributed by atoms with Crippen LogP contribution in [-0.2, 0) is 20.9 Å². The fourth-order valence-corrected chi connectivity index (χ4v) is 4.29. The van der Waals surface area contributed by atoms with E-state index in [0.717, 1.165) is 22.2 Å². The van der Waals surface area contributed by atoms with Crippen LogP contribution >= 0.6 is 35.0 Å². The Hall–Kier alpha value is -2.48. The normalized spacial score (nSPS) is 16.1. The van der Waals surface area contributed by atoms with E-state index in [1.165, 1.54) is 20.1 Å². The number of carbonyl (C=O) groups excluding carboxylic acids is 3. The Balaban J connectivity index is 1.80. The van der Waals surface area contributed by atoms with Gasteiger partial charge < -0.3 is 9.47 Å². The highest BCUT2D eigenvalue weighted by molar-refractivity contribution is 8.18. The molecule has 0 spiro atoms. The summed E-state index contributed by atoms with van der Waals surface area (Å²) in [6.07, 6.45) is 1.49. The van der Waals surface area contributed by atoms with E-state index in [1.807, 2.05) is 30.3 Å². The van der Waals surface area contributed by atoms with Crippen LogP contribution in [0.1, 0.15) is 18.1 Å². The van der Waals surface area contributed by atoms with E-state index in [0.29, 0.717) is 17.9 Å². The van der Waals surface area contributed by atoms with Gasteiger partial charge in [0.1, 0.15) is 12.6 Å². The molecular formula is C21H17Cl2NO5S. The van der Waals surface area contributed by atoms with E-state index in [9.17, 15) is 14.4 Å². The minimum absolute atomic E-state index is 0.154. The maximum absolute atomic E-state index is 12.6. The van der Waals surface area contributed by atoms with Crippen LogP contribution in [0.5, 0.6) is 5.75 Å². The third kappa shape index (κ3) is 4.80. The summed E-state index contributed by atoms with van der Waals surface area (Å²) in [5.74, 6) is -0.934. The summed E-state index contributed by atoms with van der Waals surface area (Å²) in [6.45, 7) is 1.72. The standard InChI is InChI=1S/C21H17Cl2NO5S/c1-12(20(26)28-2)24-19(25)17(30-21(24)27)10-14-8-15(22)18(16(23)9-14)29-11-13-6-4-3-5-7-13/h3-10,12H,11H2,1-2H3/b17-10+/t12-/m0/s1. The number of benzene rings is 2. The molecule has 0 radical (unpaired) electrons. The Morgan fingerprint density at radius 2 is 1.80 bits per heavy atom. The van der Waals surface area contributed by atoms with E-state index in [2.05, 4.69) is 4.74 Å². The second-order valence-corrected chi connectivity index (χ2v) is 8.15. The fraction of sp³-hybridized carbons (Fsp3) is 0.190. The van der Waals surface area contributed by atoms with Gasteiger partial charge in [-0.05, 0) is 48.0 Å². The van der Waals surface area contributed by atoms with E-state index in [4.69, 9.17) is 27.9 Å². The van der Waals surface area contributed by atoms with Crippen molar-refractivity contribution in [3.05, 3.63) is 68.5 Å². The molecule has 30 heavy (non-hydrogen) atoms. The molecule has 2 aromatic rings. The lowest BCUT2D eigenvalue weighted by Crippen LogP contribution is -2.42. The van der Waals surface area contributed by atoms with Crippen molar-refractivity contribution in [3.8, 4) is 5.75 Å². The molecule has 6 nitrogen and oxygen atoms in total. The lowest BCUT2D eigenvalue weighted by Gasteiger charge is -2.18. The highest BCUT2D eigenvalue weighted by Gasteiger charge is 2.41. The van der Waals surface area contributed by atoms with Crippen molar-refractivity contribution in [1.29, 1.82) is 0 Å². The molecule has 1 aliphatic rings. The van der Waals surface area contributed by atoms with Crippen LogP contribution in [0.2, 0.25) is 10.0 Å². The number of nitrogens with zero attached hydrogens (tertiary/aromatic N) is 1. The van der Waals surface area contributed by atoms with Gasteiger partial charge in [0.05, 0.1) is 22.1 Å². The lowest BCUT2D eigenvalue weighted by atomic mass is 10.2. The molecule has 156 valence electrons. The summed E-state index contributed by atoms with van der Waals surface area (Å²) in [6, 6.07) is 11.7. The van der Waals surface area contributed by atoms with Gasteiger partial charge in [0.15, 0.2) is 5.75 Å². The molecular weight excluding hydrogens is 449 g/mol. The molecule has 2 amide bonds. The smallest absolute Gasteiger partial charge is 0.328 e. The monoisotopic (exact) mass is 465 g/mol. The van der Waals surface area contributed by atoms with Crippen molar-refractivity contribution in [1.82, 2.24) is 4.90 Å². The molecule has 0 aromatic heterocycles. The first kappa shape index (κ1) is 22.2. The SMILES string of the molecule is COC(=O)[C@H](C)N1C(=O)S/C(=C/c2cc(Cl)c(OCc3ccccc3)c(Cl)c2)C1=O. The number of ether oxygens (including phenoxy) is 2. The zero-order valence-corrected chi connectivity index (χ0v) is 18.4. The van der Waals surface area contributed by atoms with Gasteiger partial charge in [-0.25, -0.2) is 4.79 Å². The third-order valence-electron chi connectivity index (χ3n) is 4.30. The molecule has 1 atom stereocenters. The molecule has 1 heterocycles. The van der Waals surface area contributed by atoms with Crippen LogP contribution in [0.25, 0.3) is 6.08 Å². The first-order valence-corrected chi connectivity index (χ1v) is 10.4. The second-order valence-electron chi connectivity index (χ2n) is 6.34. The van der Waals surface area contributed by atoms with Gasteiger partial charge in [0.25, 0.3) is 11.1 Å². The van der Waals surface area contributed by atoms with Gasteiger partial charge in [-0.3, -0.25) is 14.5 Å². The first-order chi connectivity index (χ1) is 14.3. The van der Waals surface area contributed by atoms with Gasteiger partial charge in [0, 0.05) is 0 Å². The second kappa shape index (κ2) is 9.55. The van der Waals surface area contributed by atoms with Gasteiger partial charge in [0.2, 0.25) is 0 Å². The summed E-state index contributed by atoms with van der Waals surface area (Å²) >= 11 is 13.4. The number of hydrogen-bond donors (Lipinski definition) is 0. The number of halogens is 2. The molecule has 3 rings (SSSR count). The van der Waals surface area contributed by atoms with Gasteiger partial charge >= 0.3 is 5.97 Å². The average Bonchev–Trinajstić information content (AvgIpc) is 2.99. The maximum Gasteiger partial charge on any atom is 0.328 e. The number of imide groups is 1. The molecule has 1 aliphatic heterocycles. The van der Waals surface area contributed by atoms with E-state index in [1.54, 1.807) is 12.1 Å². The highest BCUT2D eigenvalue weighted by atomic mass is 35.5. The molecule has 0 bridgehead atoms. The minimum Gasteiger partial charge on any atom is -0.486 e. The number of thioether (sulfide) groups is 1. The predicted octanol–water partition coefficient (Wildman–Crippen LogP) is 5.17. The van der Waals surface area contributed by atoms with Crippen molar-refractivity contribution in [2.24, 2.45) is 0 Å². The van der Waals surface area contributed by atoms with Gasteiger partial charge in [-0.2, -0.15) is 0 Å². The molecule has 9 heteroatoms. The Morgan fingerprint density at radius 3 is 2.40 bits per heavy atom. The number of carbonyl (C=O) groups is 3. The number of esters is 1. The van der Waals surface area contributed by atoms with Crippen LogP contribution in [0.15, 0.2) is 47.4 Å². The summed E-state index contributed by atoms with van der Waals surface area (Å²) < 4.78 is 10.3. The molecule has 2 aromatic carbocycles. The quantitative estimate of drug-likeness (QED) is 0.432. The maximum atomic E-state index is 12.6. The van der Waals surface area contributed by atoms with E-state index >= 15 is 0 Å². The summed E-state index contributed by atoms with van der Waals surface area (Å²) in [4.78, 5) is 37.5. The summed E-state index contributed by atoms with van der Waals surface area (Å²) in [5.41, 5.74) is 1.48. The van der Waals surface area contributed by atoms with Gasteiger partial charge in [-0.1, -0.05) is 53.5 Å². The van der Waals surface area contributed by atoms with Crippen LogP contribution in [0.3, 0.4) is 0 Å². The van der Waals surface area contributed by atoms with E-state index in [-0.39, 0.29) is 15.0 Å². The predicted molar refractivity (Wildman–Crippen MR) is 117 cm³/mol. The van der Waals surface area contributed by atoms with Crippen molar-refractivity contribution in [3.63, 3.8) is 0 Å². The van der Waals surface area contributed by atoms with Gasteiger partial charge in [-0.15, -0.1) is 0 Å². The highest BCUT2D eigenvalue weighted by Crippen LogP contribution is 2.38. The van der Waals surface area contributed by atoms with Crippen molar-refractivity contribution >= 4 is 58.2 Å². The fourth-order valence-electron chi connectivity index (χ4n) is 2.77. The van der Waals surface area contributed by atoms with E-state index < -0.39 is 23.2 Å². The lowest BCUT2D eigenvalue weighted by molar-refractivity contribution is -0.148.